The molecule has 0 aromatic rings. The summed E-state index contributed by atoms with van der Waals surface area (Å²) in [7, 11) is -1.83. The van der Waals surface area contributed by atoms with Crippen molar-refractivity contribution in [1.29, 1.82) is 0 Å². The number of nitrogens with two attached hydrogens (primary N) is 3. The lowest BCUT2D eigenvalue weighted by atomic mass is 9.76. The first-order chi connectivity index (χ1) is 17.8. The SMILES string of the molecule is CC(=O)C[C@@H](CO)C(=O)N[C@@H](CCCCN)C(=O)C[C@@H](CC(C)C)C(=O)N[C@@H](CCCN=C(N)N)B(O)O. The van der Waals surface area contributed by atoms with Crippen LogP contribution in [-0.2, 0) is 19.2 Å². The first-order valence-corrected chi connectivity index (χ1v) is 13.2. The minimum atomic E-state index is -1.83. The second-order valence-electron chi connectivity index (χ2n) is 10.1. The zero-order chi connectivity index (χ0) is 29.3. The van der Waals surface area contributed by atoms with Gasteiger partial charge < -0.3 is 47.8 Å². The highest BCUT2D eigenvalue weighted by Crippen LogP contribution is 2.20. The van der Waals surface area contributed by atoms with Gasteiger partial charge in [-0.15, -0.1) is 0 Å². The molecule has 0 rings (SSSR count). The second kappa shape index (κ2) is 19.5. The summed E-state index contributed by atoms with van der Waals surface area (Å²) >= 11 is 0. The Bertz CT molecular complexity index is 777. The highest BCUT2D eigenvalue weighted by Gasteiger charge is 2.32. The monoisotopic (exact) mass is 542 g/mol. The Hall–Kier alpha value is -2.55. The molecule has 218 valence electrons. The van der Waals surface area contributed by atoms with Crippen LogP contribution in [0.5, 0.6) is 0 Å². The van der Waals surface area contributed by atoms with E-state index < -0.39 is 49.4 Å². The third-order valence-electron chi connectivity index (χ3n) is 6.01. The van der Waals surface area contributed by atoms with Crippen LogP contribution < -0.4 is 27.8 Å². The van der Waals surface area contributed by atoms with E-state index in [0.717, 1.165) is 0 Å². The van der Waals surface area contributed by atoms with Crippen molar-refractivity contribution in [2.45, 2.75) is 84.1 Å². The predicted octanol–water partition coefficient (Wildman–Crippen LogP) is -1.64. The lowest BCUT2D eigenvalue weighted by Gasteiger charge is -2.25. The molecule has 0 aliphatic heterocycles. The van der Waals surface area contributed by atoms with Gasteiger partial charge in [0.1, 0.15) is 5.78 Å². The predicted molar refractivity (Wildman–Crippen MR) is 145 cm³/mol. The number of aliphatic hydroxyl groups is 1. The van der Waals surface area contributed by atoms with Crippen LogP contribution in [0.25, 0.3) is 0 Å². The minimum Gasteiger partial charge on any atom is -0.426 e. The third kappa shape index (κ3) is 15.6. The van der Waals surface area contributed by atoms with Gasteiger partial charge in [-0.25, -0.2) is 0 Å². The fourth-order valence-electron chi connectivity index (χ4n) is 4.04. The summed E-state index contributed by atoms with van der Waals surface area (Å²) < 4.78 is 0. The van der Waals surface area contributed by atoms with E-state index in [4.69, 9.17) is 17.2 Å². The maximum Gasteiger partial charge on any atom is 0.475 e. The molecule has 0 aliphatic rings. The lowest BCUT2D eigenvalue weighted by Crippen LogP contribution is -2.50. The largest absolute Gasteiger partial charge is 0.475 e. The van der Waals surface area contributed by atoms with E-state index in [1.165, 1.54) is 6.92 Å². The van der Waals surface area contributed by atoms with E-state index in [0.29, 0.717) is 38.6 Å². The van der Waals surface area contributed by atoms with Gasteiger partial charge in [-0.2, -0.15) is 0 Å². The van der Waals surface area contributed by atoms with Gasteiger partial charge in [-0.3, -0.25) is 19.4 Å². The van der Waals surface area contributed by atoms with Gasteiger partial charge in [-0.05, 0) is 57.9 Å². The maximum atomic E-state index is 13.3. The third-order valence-corrected chi connectivity index (χ3v) is 6.01. The number of nitrogens with zero attached hydrogens (tertiary/aromatic N) is 1. The van der Waals surface area contributed by atoms with Crippen molar-refractivity contribution in [2.24, 2.45) is 39.9 Å². The average molecular weight is 542 g/mol. The topological polar surface area (TPSA) is 243 Å². The first kappa shape index (κ1) is 35.5. The molecule has 0 unspecified atom stereocenters. The Morgan fingerprint density at radius 1 is 0.921 bits per heavy atom. The number of rotatable bonds is 21. The van der Waals surface area contributed by atoms with Crippen molar-refractivity contribution in [3.05, 3.63) is 0 Å². The molecule has 13 nitrogen and oxygen atoms in total. The number of ketones is 2. The van der Waals surface area contributed by atoms with Crippen molar-refractivity contribution in [2.75, 3.05) is 19.7 Å². The van der Waals surface area contributed by atoms with Crippen molar-refractivity contribution in [3.63, 3.8) is 0 Å². The number of aliphatic imine (C=N–C) groups is 1. The molecule has 4 atom stereocenters. The van der Waals surface area contributed by atoms with Crippen LogP contribution in [0, 0.1) is 17.8 Å². The highest BCUT2D eigenvalue weighted by atomic mass is 16.4. The Morgan fingerprint density at radius 2 is 1.55 bits per heavy atom. The fourth-order valence-corrected chi connectivity index (χ4v) is 4.04. The van der Waals surface area contributed by atoms with Gasteiger partial charge in [0.15, 0.2) is 11.7 Å². The summed E-state index contributed by atoms with van der Waals surface area (Å²) in [5, 5.41) is 34.3. The molecule has 38 heavy (non-hydrogen) atoms. The quantitative estimate of drug-likeness (QED) is 0.0356. The molecular weight excluding hydrogens is 495 g/mol. The molecular formula is C24H47BN6O7. The summed E-state index contributed by atoms with van der Waals surface area (Å²) in [4.78, 5) is 54.4. The molecule has 0 fully saturated rings. The van der Waals surface area contributed by atoms with E-state index in [-0.39, 0.29) is 49.3 Å². The first-order valence-electron chi connectivity index (χ1n) is 13.2. The van der Waals surface area contributed by atoms with Gasteiger partial charge in [-0.1, -0.05) is 13.8 Å². The Balaban J connectivity index is 5.56. The number of carbonyl (C=O) groups excluding carboxylic acids is 4. The Morgan fingerprint density at radius 3 is 2.05 bits per heavy atom. The molecule has 0 aromatic heterocycles. The van der Waals surface area contributed by atoms with Gasteiger partial charge in [0.05, 0.1) is 24.5 Å². The standard InChI is InChI=1S/C24H47BN6O7/c1-15(2)11-17(22(35)31-21(25(37)38)8-6-10-29-24(27)28)13-20(34)19(7-4-5-9-26)30-23(36)18(14-32)12-16(3)33/h15,17-19,21,32,37-38H,4-14,26H2,1-3H3,(H,30,36)(H,31,35)(H4,27,28,29)/t17-,18+,19+,21+/m1/s1. The maximum absolute atomic E-state index is 13.3. The fraction of sp³-hybridized carbons (Fsp3) is 0.792. The number of unbranched alkanes of at least 4 members (excludes halogenated alkanes) is 1. The number of hydrogen-bond acceptors (Lipinski definition) is 9. The minimum absolute atomic E-state index is 0.0533. The van der Waals surface area contributed by atoms with Gasteiger partial charge in [0.25, 0.3) is 0 Å². The molecule has 0 saturated heterocycles. The Labute approximate surface area is 225 Å². The van der Waals surface area contributed by atoms with E-state index in [1.807, 2.05) is 13.8 Å². The van der Waals surface area contributed by atoms with Gasteiger partial charge in [0, 0.05) is 25.3 Å². The molecule has 0 aromatic carbocycles. The summed E-state index contributed by atoms with van der Waals surface area (Å²) in [6.45, 7) is 5.22. The van der Waals surface area contributed by atoms with Crippen LogP contribution in [0.2, 0.25) is 0 Å². The van der Waals surface area contributed by atoms with Crippen LogP contribution in [0.3, 0.4) is 0 Å². The highest BCUT2D eigenvalue weighted by molar-refractivity contribution is 6.43. The number of aliphatic hydroxyl groups excluding tert-OH is 1. The molecule has 0 aliphatic carbocycles. The zero-order valence-electron chi connectivity index (χ0n) is 22.9. The summed E-state index contributed by atoms with van der Waals surface area (Å²) in [6.07, 6.45) is 2.07. The molecule has 0 heterocycles. The van der Waals surface area contributed by atoms with Crippen LogP contribution in [0.15, 0.2) is 4.99 Å². The van der Waals surface area contributed by atoms with Crippen LogP contribution in [0.4, 0.5) is 0 Å². The van der Waals surface area contributed by atoms with Crippen molar-refractivity contribution < 1.29 is 34.3 Å². The van der Waals surface area contributed by atoms with Crippen LogP contribution in [-0.4, -0.2) is 83.3 Å². The smallest absolute Gasteiger partial charge is 0.426 e. The van der Waals surface area contributed by atoms with E-state index in [2.05, 4.69) is 15.6 Å². The van der Waals surface area contributed by atoms with Gasteiger partial charge >= 0.3 is 7.12 Å². The number of Topliss-reactive ketones (excluding diaryl/α,β-unsaturated/α-hetero) is 2. The molecule has 14 heteroatoms. The molecule has 0 saturated carbocycles. The summed E-state index contributed by atoms with van der Waals surface area (Å²) in [5.74, 6) is -4.53. The summed E-state index contributed by atoms with van der Waals surface area (Å²) in [6, 6.07) is -0.920. The van der Waals surface area contributed by atoms with Crippen molar-refractivity contribution in [1.82, 2.24) is 10.6 Å². The number of carbonyl (C=O) groups is 4. The molecule has 0 bridgehead atoms. The number of nitrogens with one attached hydrogen (secondary N) is 2. The normalized spacial score (nSPS) is 14.2. The van der Waals surface area contributed by atoms with Crippen LogP contribution >= 0.6 is 0 Å². The van der Waals surface area contributed by atoms with E-state index in [1.54, 1.807) is 0 Å². The summed E-state index contributed by atoms with van der Waals surface area (Å²) in [5.41, 5.74) is 16.1. The molecule has 0 spiro atoms. The Kier molecular flexibility index (Phi) is 18.2. The molecule has 11 N–H and O–H groups in total. The second-order valence-corrected chi connectivity index (χ2v) is 10.1. The van der Waals surface area contributed by atoms with E-state index >= 15 is 0 Å². The molecule has 2 amide bonds. The van der Waals surface area contributed by atoms with Crippen LogP contribution in [0.1, 0.15) is 72.1 Å². The number of hydrogen-bond donors (Lipinski definition) is 8. The zero-order valence-corrected chi connectivity index (χ0v) is 22.9. The molecule has 0 radical (unpaired) electrons. The van der Waals surface area contributed by atoms with Gasteiger partial charge in [0.2, 0.25) is 11.8 Å². The number of amides is 2. The van der Waals surface area contributed by atoms with Crippen molar-refractivity contribution >= 4 is 36.5 Å². The van der Waals surface area contributed by atoms with Crippen molar-refractivity contribution in [3.8, 4) is 0 Å². The number of guanidine groups is 1. The average Bonchev–Trinajstić information content (AvgIpc) is 2.82. The van der Waals surface area contributed by atoms with E-state index in [9.17, 15) is 34.3 Å². The lowest BCUT2D eigenvalue weighted by molar-refractivity contribution is -0.134.